The number of hydrogen-bond acceptors (Lipinski definition) is 4. The Bertz CT molecular complexity index is 649. The Balaban J connectivity index is 2.00. The van der Waals surface area contributed by atoms with E-state index < -0.39 is 0 Å². The van der Waals surface area contributed by atoms with Gasteiger partial charge in [-0.2, -0.15) is 5.10 Å². The molecule has 1 heterocycles. The molecule has 110 valence electrons. The summed E-state index contributed by atoms with van der Waals surface area (Å²) in [6.45, 7) is 3.91. The predicted molar refractivity (Wildman–Crippen MR) is 87.0 cm³/mol. The molecule has 0 aliphatic carbocycles. The van der Waals surface area contributed by atoms with Crippen molar-refractivity contribution in [3.8, 4) is 0 Å². The van der Waals surface area contributed by atoms with Crippen LogP contribution in [0.1, 0.15) is 29.6 Å². The van der Waals surface area contributed by atoms with Crippen molar-refractivity contribution >= 4 is 34.6 Å². The van der Waals surface area contributed by atoms with Crippen molar-refractivity contribution in [2.24, 2.45) is 5.10 Å². The number of halogens is 1. The molecule has 1 amide bonds. The summed E-state index contributed by atoms with van der Waals surface area (Å²) in [7, 11) is 0. The second kappa shape index (κ2) is 7.33. The minimum absolute atomic E-state index is 0.166. The lowest BCUT2D eigenvalue weighted by Crippen LogP contribution is -2.22. The number of rotatable bonds is 5. The first-order valence-electron chi connectivity index (χ1n) is 6.61. The van der Waals surface area contributed by atoms with Crippen molar-refractivity contribution in [2.45, 2.75) is 26.7 Å². The molecular weight excluding hydrogens is 306 g/mol. The maximum Gasteiger partial charge on any atom is 0.246 e. The van der Waals surface area contributed by atoms with Gasteiger partial charge in [-0.3, -0.25) is 4.79 Å². The van der Waals surface area contributed by atoms with Gasteiger partial charge in [0.1, 0.15) is 0 Å². The second-order valence-electron chi connectivity index (χ2n) is 4.49. The van der Waals surface area contributed by atoms with Crippen molar-refractivity contribution in [3.05, 3.63) is 50.9 Å². The summed E-state index contributed by atoms with van der Waals surface area (Å²) in [5.74, 6) is -0.166. The first-order valence-corrected chi connectivity index (χ1v) is 7.86. The molecule has 0 spiro atoms. The van der Waals surface area contributed by atoms with Crippen LogP contribution in [0.25, 0.3) is 0 Å². The van der Waals surface area contributed by atoms with Crippen LogP contribution in [-0.2, 0) is 11.2 Å². The van der Waals surface area contributed by atoms with Crippen molar-refractivity contribution in [2.75, 3.05) is 0 Å². The first kappa shape index (κ1) is 15.7. The first-order chi connectivity index (χ1) is 10.1. The fraction of sp³-hybridized carbons (Fsp3) is 0.267. The number of amides is 1. The summed E-state index contributed by atoms with van der Waals surface area (Å²) in [5.41, 5.74) is 5.12. The summed E-state index contributed by atoms with van der Waals surface area (Å²) < 4.78 is 0. The Kier molecular flexibility index (Phi) is 5.47. The molecular formula is C15H16ClN3OS. The van der Waals surface area contributed by atoms with Crippen molar-refractivity contribution < 1.29 is 4.79 Å². The third-order valence-corrected chi connectivity index (χ3v) is 3.91. The zero-order valence-electron chi connectivity index (χ0n) is 11.9. The Morgan fingerprint density at radius 2 is 2.10 bits per heavy atom. The summed E-state index contributed by atoms with van der Waals surface area (Å²) >= 11 is 7.40. The third-order valence-electron chi connectivity index (χ3n) is 2.84. The molecule has 1 aromatic heterocycles. The number of thiazole rings is 1. The molecule has 4 nitrogen and oxygen atoms in total. The lowest BCUT2D eigenvalue weighted by Gasteiger charge is -2.05. The normalized spacial score (nSPS) is 11.5. The van der Waals surface area contributed by atoms with Gasteiger partial charge in [0, 0.05) is 10.4 Å². The lowest BCUT2D eigenvalue weighted by atomic mass is 10.1. The van der Waals surface area contributed by atoms with E-state index in [1.807, 2.05) is 43.5 Å². The summed E-state index contributed by atoms with van der Waals surface area (Å²) in [6, 6.07) is 7.39. The number of nitrogens with zero attached hydrogens (tertiary/aromatic N) is 2. The number of aromatic nitrogens is 1. The third kappa shape index (κ3) is 4.65. The molecule has 0 radical (unpaired) electrons. The highest BCUT2D eigenvalue weighted by Crippen LogP contribution is 2.12. The van der Waals surface area contributed by atoms with E-state index in [1.165, 1.54) is 11.3 Å². The molecule has 0 fully saturated rings. The predicted octanol–water partition coefficient (Wildman–Crippen LogP) is 3.58. The van der Waals surface area contributed by atoms with Crippen LogP contribution < -0.4 is 5.43 Å². The quantitative estimate of drug-likeness (QED) is 0.676. The van der Waals surface area contributed by atoms with Crippen LogP contribution >= 0.6 is 22.9 Å². The number of carbonyl (C=O) groups excluding carboxylic acids is 1. The highest BCUT2D eigenvalue weighted by Gasteiger charge is 2.07. The molecule has 0 saturated heterocycles. The molecule has 1 N–H and O–H groups in total. The monoisotopic (exact) mass is 321 g/mol. The number of benzene rings is 1. The van der Waals surface area contributed by atoms with Gasteiger partial charge in [0.15, 0.2) is 0 Å². The average Bonchev–Trinajstić information content (AvgIpc) is 2.86. The van der Waals surface area contributed by atoms with Crippen molar-refractivity contribution in [1.82, 2.24) is 10.4 Å². The van der Waals surface area contributed by atoms with E-state index in [9.17, 15) is 4.79 Å². The Morgan fingerprint density at radius 1 is 1.38 bits per heavy atom. The lowest BCUT2D eigenvalue weighted by molar-refractivity contribution is -0.120. The van der Waals surface area contributed by atoms with Crippen molar-refractivity contribution in [1.29, 1.82) is 0 Å². The van der Waals surface area contributed by atoms with Crippen LogP contribution in [0.5, 0.6) is 0 Å². The van der Waals surface area contributed by atoms with Crippen LogP contribution in [0.2, 0.25) is 5.02 Å². The maximum absolute atomic E-state index is 11.9. The molecule has 2 rings (SSSR count). The molecule has 0 saturated carbocycles. The summed E-state index contributed by atoms with van der Waals surface area (Å²) in [5, 5.41) is 7.72. The molecule has 0 unspecified atom stereocenters. The van der Waals surface area contributed by atoms with E-state index in [4.69, 9.17) is 11.6 Å². The standard InChI is InChI=1S/C15H16ClN3OS/c1-3-14(11-4-6-12(16)7-5-11)18-19-15(20)8-13-9-21-10(2)17-13/h4-7,9H,3,8H2,1-2H3,(H,19,20)/b18-14-. The molecule has 1 aromatic carbocycles. The zero-order valence-corrected chi connectivity index (χ0v) is 13.5. The van der Waals surface area contributed by atoms with Crippen LogP contribution in [-0.4, -0.2) is 16.6 Å². The van der Waals surface area contributed by atoms with Gasteiger partial charge in [-0.15, -0.1) is 11.3 Å². The van der Waals surface area contributed by atoms with E-state index in [-0.39, 0.29) is 12.3 Å². The highest BCUT2D eigenvalue weighted by atomic mass is 35.5. The Morgan fingerprint density at radius 3 is 2.67 bits per heavy atom. The maximum atomic E-state index is 11.9. The molecule has 0 atom stereocenters. The molecule has 6 heteroatoms. The van der Waals surface area contributed by atoms with Gasteiger partial charge in [0.2, 0.25) is 5.91 Å². The van der Waals surface area contributed by atoms with E-state index in [2.05, 4.69) is 15.5 Å². The van der Waals surface area contributed by atoms with E-state index in [0.29, 0.717) is 5.02 Å². The number of hydrogen-bond donors (Lipinski definition) is 1. The van der Waals surface area contributed by atoms with Gasteiger partial charge < -0.3 is 0 Å². The summed E-state index contributed by atoms with van der Waals surface area (Å²) in [6.07, 6.45) is 0.961. The largest absolute Gasteiger partial charge is 0.273 e. The molecule has 0 aliphatic rings. The van der Waals surface area contributed by atoms with Gasteiger partial charge in [0.25, 0.3) is 0 Å². The smallest absolute Gasteiger partial charge is 0.246 e. The van der Waals surface area contributed by atoms with Crippen LogP contribution in [0.3, 0.4) is 0 Å². The summed E-state index contributed by atoms with van der Waals surface area (Å²) in [4.78, 5) is 16.1. The number of aryl methyl sites for hydroxylation is 1. The van der Waals surface area contributed by atoms with Gasteiger partial charge in [-0.05, 0) is 31.0 Å². The highest BCUT2D eigenvalue weighted by molar-refractivity contribution is 7.09. The van der Waals surface area contributed by atoms with E-state index >= 15 is 0 Å². The molecule has 21 heavy (non-hydrogen) atoms. The topological polar surface area (TPSA) is 54.4 Å². The van der Waals surface area contributed by atoms with Crippen LogP contribution in [0.4, 0.5) is 0 Å². The number of carbonyl (C=O) groups is 1. The zero-order chi connectivity index (χ0) is 15.2. The molecule has 0 bridgehead atoms. The minimum Gasteiger partial charge on any atom is -0.273 e. The fourth-order valence-corrected chi connectivity index (χ4v) is 2.55. The van der Waals surface area contributed by atoms with Gasteiger partial charge in [-0.25, -0.2) is 10.4 Å². The van der Waals surface area contributed by atoms with E-state index in [1.54, 1.807) is 0 Å². The van der Waals surface area contributed by atoms with Gasteiger partial charge >= 0.3 is 0 Å². The van der Waals surface area contributed by atoms with Crippen LogP contribution in [0, 0.1) is 6.92 Å². The van der Waals surface area contributed by atoms with Crippen LogP contribution in [0.15, 0.2) is 34.7 Å². The Hall–Kier alpha value is -1.72. The van der Waals surface area contributed by atoms with Crippen molar-refractivity contribution in [3.63, 3.8) is 0 Å². The SMILES string of the molecule is CC/C(=N/NC(=O)Cc1csc(C)n1)c1ccc(Cl)cc1. The number of nitrogens with one attached hydrogen (secondary N) is 1. The fourth-order valence-electron chi connectivity index (χ4n) is 1.81. The minimum atomic E-state index is -0.166. The van der Waals surface area contributed by atoms with Gasteiger partial charge in [0.05, 0.1) is 22.8 Å². The van der Waals surface area contributed by atoms with Gasteiger partial charge in [-0.1, -0.05) is 30.7 Å². The molecule has 2 aromatic rings. The molecule has 0 aliphatic heterocycles. The second-order valence-corrected chi connectivity index (χ2v) is 5.99. The average molecular weight is 322 g/mol. The van der Waals surface area contributed by atoms with E-state index in [0.717, 1.165) is 28.4 Å². The number of hydrazone groups is 1. The Labute approximate surface area is 132 Å².